The van der Waals surface area contributed by atoms with Gasteiger partial charge in [-0.1, -0.05) is 0 Å². The number of anilines is 1. The monoisotopic (exact) mass is 327 g/mol. The Morgan fingerprint density at radius 2 is 1.83 bits per heavy atom. The van der Waals surface area contributed by atoms with Crippen molar-refractivity contribution in [3.63, 3.8) is 0 Å². The van der Waals surface area contributed by atoms with E-state index in [1.807, 2.05) is 0 Å². The van der Waals surface area contributed by atoms with E-state index in [0.717, 1.165) is 5.56 Å². The minimum absolute atomic E-state index is 0.424. The number of hydrogen-bond donors (Lipinski definition) is 2. The van der Waals surface area contributed by atoms with Crippen LogP contribution in [0.5, 0.6) is 0 Å². The number of alkyl halides is 3. The quantitative estimate of drug-likeness (QED) is 0.833. The standard InChI is InChI=1S/C15H13F4N3O/c1-9(10-4-6-20-7-5-10)21-14(23)22-13-8-11(15(17,18)19)2-3-12(13)16/h2-9H,1H3,(H2,21,22,23)/t9-/m0/s1. The van der Waals surface area contributed by atoms with Gasteiger partial charge >= 0.3 is 12.2 Å². The molecule has 0 saturated heterocycles. The Bertz CT molecular complexity index is 689. The number of halogens is 4. The van der Waals surface area contributed by atoms with Crippen LogP contribution in [0.25, 0.3) is 0 Å². The molecule has 2 rings (SSSR count). The molecular formula is C15H13F4N3O. The van der Waals surface area contributed by atoms with Crippen molar-refractivity contribution < 1.29 is 22.4 Å². The molecule has 2 aromatic rings. The van der Waals surface area contributed by atoms with E-state index in [2.05, 4.69) is 15.6 Å². The van der Waals surface area contributed by atoms with Crippen LogP contribution in [0.2, 0.25) is 0 Å². The molecule has 2 amide bonds. The Hall–Kier alpha value is -2.64. The number of hydrogen-bond acceptors (Lipinski definition) is 2. The highest BCUT2D eigenvalue weighted by atomic mass is 19.4. The summed E-state index contributed by atoms with van der Waals surface area (Å²) in [6, 6.07) is 3.93. The number of urea groups is 1. The van der Waals surface area contributed by atoms with Crippen molar-refractivity contribution in [3.8, 4) is 0 Å². The van der Waals surface area contributed by atoms with Crippen molar-refractivity contribution >= 4 is 11.7 Å². The number of nitrogens with zero attached hydrogens (tertiary/aromatic N) is 1. The van der Waals surface area contributed by atoms with Gasteiger partial charge in [0, 0.05) is 12.4 Å². The maximum absolute atomic E-state index is 13.6. The first kappa shape index (κ1) is 16.7. The molecule has 122 valence electrons. The van der Waals surface area contributed by atoms with Crippen LogP contribution < -0.4 is 10.6 Å². The summed E-state index contributed by atoms with van der Waals surface area (Å²) in [5.74, 6) is -0.954. The third-order valence-corrected chi connectivity index (χ3v) is 3.10. The zero-order chi connectivity index (χ0) is 17.0. The van der Waals surface area contributed by atoms with E-state index in [-0.39, 0.29) is 0 Å². The molecule has 0 aliphatic rings. The third-order valence-electron chi connectivity index (χ3n) is 3.10. The molecule has 2 N–H and O–H groups in total. The first-order valence-corrected chi connectivity index (χ1v) is 6.61. The van der Waals surface area contributed by atoms with Crippen LogP contribution in [-0.4, -0.2) is 11.0 Å². The summed E-state index contributed by atoms with van der Waals surface area (Å²) >= 11 is 0. The van der Waals surface area contributed by atoms with E-state index in [0.29, 0.717) is 18.2 Å². The minimum Gasteiger partial charge on any atom is -0.331 e. The molecule has 0 aliphatic carbocycles. The molecule has 0 radical (unpaired) electrons. The van der Waals surface area contributed by atoms with Crippen molar-refractivity contribution in [2.75, 3.05) is 5.32 Å². The summed E-state index contributed by atoms with van der Waals surface area (Å²) in [5.41, 5.74) is -0.838. The Labute approximate surface area is 129 Å². The highest BCUT2D eigenvalue weighted by molar-refractivity contribution is 5.89. The average Bonchev–Trinajstić information content (AvgIpc) is 2.49. The molecule has 0 fully saturated rings. The van der Waals surface area contributed by atoms with Gasteiger partial charge < -0.3 is 10.6 Å². The molecule has 1 heterocycles. The summed E-state index contributed by atoms with van der Waals surface area (Å²) in [6.07, 6.45) is -1.54. The second-order valence-corrected chi connectivity index (χ2v) is 4.79. The van der Waals surface area contributed by atoms with Gasteiger partial charge in [0.2, 0.25) is 0 Å². The van der Waals surface area contributed by atoms with Gasteiger partial charge in [0.1, 0.15) is 5.82 Å². The second-order valence-electron chi connectivity index (χ2n) is 4.79. The van der Waals surface area contributed by atoms with Crippen LogP contribution in [0.3, 0.4) is 0 Å². The number of rotatable bonds is 3. The van der Waals surface area contributed by atoms with Crippen LogP contribution in [-0.2, 0) is 6.18 Å². The third kappa shape index (κ3) is 4.41. The Kier molecular flexibility index (Phi) is 4.83. The highest BCUT2D eigenvalue weighted by Crippen LogP contribution is 2.31. The molecule has 8 heteroatoms. The normalized spacial score (nSPS) is 12.6. The van der Waals surface area contributed by atoms with Gasteiger partial charge in [-0.2, -0.15) is 13.2 Å². The number of pyridine rings is 1. The Morgan fingerprint density at radius 3 is 2.43 bits per heavy atom. The lowest BCUT2D eigenvalue weighted by molar-refractivity contribution is -0.137. The predicted molar refractivity (Wildman–Crippen MR) is 76.2 cm³/mol. The first-order chi connectivity index (χ1) is 10.8. The van der Waals surface area contributed by atoms with Crippen molar-refractivity contribution in [1.29, 1.82) is 0 Å². The average molecular weight is 327 g/mol. The number of nitrogens with one attached hydrogen (secondary N) is 2. The summed E-state index contributed by atoms with van der Waals surface area (Å²) < 4.78 is 51.4. The maximum Gasteiger partial charge on any atom is 0.416 e. The van der Waals surface area contributed by atoms with Gasteiger partial charge in [0.25, 0.3) is 0 Å². The number of benzene rings is 1. The number of amides is 2. The van der Waals surface area contributed by atoms with Crippen molar-refractivity contribution in [3.05, 3.63) is 59.7 Å². The summed E-state index contributed by atoms with van der Waals surface area (Å²) in [6.45, 7) is 1.68. The summed E-state index contributed by atoms with van der Waals surface area (Å²) in [4.78, 5) is 15.7. The molecule has 1 aromatic carbocycles. The first-order valence-electron chi connectivity index (χ1n) is 6.61. The molecule has 0 bridgehead atoms. The van der Waals surface area contributed by atoms with Gasteiger partial charge in [0.05, 0.1) is 17.3 Å². The van der Waals surface area contributed by atoms with Gasteiger partial charge in [-0.15, -0.1) is 0 Å². The molecule has 0 spiro atoms. The molecule has 0 unspecified atom stereocenters. The molecule has 1 atom stereocenters. The van der Waals surface area contributed by atoms with E-state index < -0.39 is 35.3 Å². The van der Waals surface area contributed by atoms with Crippen molar-refractivity contribution in [1.82, 2.24) is 10.3 Å². The lowest BCUT2D eigenvalue weighted by Crippen LogP contribution is -2.31. The zero-order valence-corrected chi connectivity index (χ0v) is 12.0. The van der Waals surface area contributed by atoms with Gasteiger partial charge in [0.15, 0.2) is 0 Å². The molecule has 0 saturated carbocycles. The lowest BCUT2D eigenvalue weighted by atomic mass is 10.1. The molecule has 23 heavy (non-hydrogen) atoms. The predicted octanol–water partition coefficient (Wildman–Crippen LogP) is 4.12. The largest absolute Gasteiger partial charge is 0.416 e. The minimum atomic E-state index is -4.62. The zero-order valence-electron chi connectivity index (χ0n) is 12.0. The van der Waals surface area contributed by atoms with E-state index in [9.17, 15) is 22.4 Å². The number of carbonyl (C=O) groups is 1. The van der Waals surface area contributed by atoms with Gasteiger partial charge in [-0.3, -0.25) is 4.98 Å². The summed E-state index contributed by atoms with van der Waals surface area (Å²) in [7, 11) is 0. The fourth-order valence-electron chi connectivity index (χ4n) is 1.89. The van der Waals surface area contributed by atoms with Crippen LogP contribution in [0.4, 0.5) is 28.0 Å². The van der Waals surface area contributed by atoms with E-state index in [1.165, 1.54) is 12.4 Å². The van der Waals surface area contributed by atoms with Crippen LogP contribution >= 0.6 is 0 Å². The van der Waals surface area contributed by atoms with E-state index in [4.69, 9.17) is 0 Å². The Balaban J connectivity index is 2.08. The van der Waals surface area contributed by atoms with Crippen molar-refractivity contribution in [2.45, 2.75) is 19.1 Å². The smallest absolute Gasteiger partial charge is 0.331 e. The van der Waals surface area contributed by atoms with Gasteiger partial charge in [-0.05, 0) is 42.8 Å². The van der Waals surface area contributed by atoms with E-state index >= 15 is 0 Å². The Morgan fingerprint density at radius 1 is 1.17 bits per heavy atom. The fourth-order valence-corrected chi connectivity index (χ4v) is 1.89. The van der Waals surface area contributed by atoms with Crippen molar-refractivity contribution in [2.24, 2.45) is 0 Å². The maximum atomic E-state index is 13.6. The van der Waals surface area contributed by atoms with E-state index in [1.54, 1.807) is 19.1 Å². The molecule has 0 aliphatic heterocycles. The number of carbonyl (C=O) groups excluding carboxylic acids is 1. The fraction of sp³-hybridized carbons (Fsp3) is 0.200. The molecule has 4 nitrogen and oxygen atoms in total. The molecule has 1 aromatic heterocycles. The second kappa shape index (κ2) is 6.64. The van der Waals surface area contributed by atoms with Gasteiger partial charge in [-0.25, -0.2) is 9.18 Å². The van der Waals surface area contributed by atoms with Crippen LogP contribution in [0, 0.1) is 5.82 Å². The molecular weight excluding hydrogens is 314 g/mol. The summed E-state index contributed by atoms with van der Waals surface area (Å²) in [5, 5.41) is 4.59. The lowest BCUT2D eigenvalue weighted by Gasteiger charge is -2.16. The SMILES string of the molecule is C[C@H](NC(=O)Nc1cc(C(F)(F)F)ccc1F)c1ccncc1. The van der Waals surface area contributed by atoms with Crippen LogP contribution in [0.1, 0.15) is 24.1 Å². The topological polar surface area (TPSA) is 54.0 Å². The van der Waals surface area contributed by atoms with Crippen LogP contribution in [0.15, 0.2) is 42.7 Å². The highest BCUT2D eigenvalue weighted by Gasteiger charge is 2.31. The number of aromatic nitrogens is 1.